The minimum absolute atomic E-state index is 0.151. The number of nitrogens with one attached hydrogen (secondary N) is 2. The number of ether oxygens (including phenoxy) is 1. The zero-order valence-corrected chi connectivity index (χ0v) is 11.6. The maximum absolute atomic E-state index is 11.5. The van der Waals surface area contributed by atoms with E-state index in [4.69, 9.17) is 27.9 Å². The van der Waals surface area contributed by atoms with E-state index in [1.807, 2.05) is 0 Å². The molecule has 1 aromatic carbocycles. The van der Waals surface area contributed by atoms with Gasteiger partial charge in [-0.05, 0) is 24.3 Å². The lowest BCUT2D eigenvalue weighted by molar-refractivity contribution is -0.122. The molecule has 0 fully saturated rings. The number of benzene rings is 1. The molecule has 0 bridgehead atoms. The van der Waals surface area contributed by atoms with Gasteiger partial charge in [0.25, 0.3) is 5.91 Å². The Morgan fingerprint density at radius 2 is 1.75 bits per heavy atom. The van der Waals surface area contributed by atoms with Crippen molar-refractivity contribution in [1.29, 1.82) is 0 Å². The molecule has 2 aromatic rings. The number of nitrogens with zero attached hydrogens (tertiary/aromatic N) is 2. The van der Waals surface area contributed by atoms with E-state index in [2.05, 4.69) is 20.8 Å². The average Bonchev–Trinajstić information content (AvgIpc) is 2.46. The summed E-state index contributed by atoms with van der Waals surface area (Å²) >= 11 is 11.4. The predicted octanol–water partition coefficient (Wildman–Crippen LogP) is 2.31. The summed E-state index contributed by atoms with van der Waals surface area (Å²) in [5.74, 6) is 0.403. The minimum atomic E-state index is -0.376. The number of carbonyl (C=O) groups is 1. The summed E-state index contributed by atoms with van der Waals surface area (Å²) in [6.45, 7) is -0.151. The smallest absolute Gasteiger partial charge is 0.276 e. The lowest BCUT2D eigenvalue weighted by Crippen LogP contribution is -2.34. The Kier molecular flexibility index (Phi) is 4.97. The van der Waals surface area contributed by atoms with Gasteiger partial charge in [-0.25, -0.2) is 9.97 Å². The second-order valence-corrected chi connectivity index (χ2v) is 4.51. The van der Waals surface area contributed by atoms with Gasteiger partial charge in [-0.15, -0.1) is 0 Å². The second kappa shape index (κ2) is 6.93. The lowest BCUT2D eigenvalue weighted by atomic mass is 10.3. The van der Waals surface area contributed by atoms with Gasteiger partial charge in [-0.2, -0.15) is 0 Å². The molecule has 8 heteroatoms. The number of amides is 1. The fourth-order valence-corrected chi connectivity index (χ4v) is 1.44. The fraction of sp³-hybridized carbons (Fsp3) is 0.0833. The first-order valence-corrected chi connectivity index (χ1v) is 6.30. The highest BCUT2D eigenvalue weighted by molar-refractivity contribution is 6.30. The summed E-state index contributed by atoms with van der Waals surface area (Å²) in [5, 5.41) is 1.01. The van der Waals surface area contributed by atoms with Gasteiger partial charge in [-0.1, -0.05) is 23.2 Å². The van der Waals surface area contributed by atoms with Gasteiger partial charge in [0.1, 0.15) is 5.75 Å². The highest BCUT2D eigenvalue weighted by atomic mass is 35.5. The summed E-state index contributed by atoms with van der Waals surface area (Å²) in [7, 11) is 0. The summed E-state index contributed by atoms with van der Waals surface area (Å²) in [4.78, 5) is 19.2. The molecule has 1 amide bonds. The predicted molar refractivity (Wildman–Crippen MR) is 75.8 cm³/mol. The van der Waals surface area contributed by atoms with Crippen molar-refractivity contribution in [1.82, 2.24) is 15.4 Å². The highest BCUT2D eigenvalue weighted by Crippen LogP contribution is 2.15. The minimum Gasteiger partial charge on any atom is -0.484 e. The standard InChI is InChI=1S/C12H10Cl2N4O2/c13-8-1-3-10(4-2-8)20-7-11(19)17-18-12-15-5-9(14)6-16-12/h1-6H,7H2,(H,17,19)(H,15,16,18). The van der Waals surface area contributed by atoms with Crippen LogP contribution in [0.5, 0.6) is 5.75 Å². The molecule has 1 aromatic heterocycles. The number of anilines is 1. The van der Waals surface area contributed by atoms with E-state index >= 15 is 0 Å². The van der Waals surface area contributed by atoms with Crippen LogP contribution < -0.4 is 15.6 Å². The molecule has 2 rings (SSSR count). The second-order valence-electron chi connectivity index (χ2n) is 3.64. The molecule has 0 radical (unpaired) electrons. The van der Waals surface area contributed by atoms with Crippen LogP contribution in [0.2, 0.25) is 10.0 Å². The third-order valence-electron chi connectivity index (χ3n) is 2.12. The van der Waals surface area contributed by atoms with Crippen molar-refractivity contribution < 1.29 is 9.53 Å². The third kappa shape index (κ3) is 4.56. The number of hydrogen-bond acceptors (Lipinski definition) is 5. The Morgan fingerprint density at radius 1 is 1.10 bits per heavy atom. The molecule has 0 saturated heterocycles. The molecule has 2 N–H and O–H groups in total. The van der Waals surface area contributed by atoms with Gasteiger partial charge in [0.05, 0.1) is 17.4 Å². The maximum Gasteiger partial charge on any atom is 0.276 e. The monoisotopic (exact) mass is 312 g/mol. The van der Waals surface area contributed by atoms with Gasteiger partial charge < -0.3 is 4.74 Å². The normalized spacial score (nSPS) is 9.90. The number of carbonyl (C=O) groups excluding carboxylic acids is 1. The topological polar surface area (TPSA) is 76.1 Å². The lowest BCUT2D eigenvalue weighted by Gasteiger charge is -2.08. The number of aromatic nitrogens is 2. The van der Waals surface area contributed by atoms with Crippen molar-refractivity contribution in [3.63, 3.8) is 0 Å². The fourth-order valence-electron chi connectivity index (χ4n) is 1.22. The first kappa shape index (κ1) is 14.4. The SMILES string of the molecule is O=C(COc1ccc(Cl)cc1)NNc1ncc(Cl)cn1. The zero-order chi connectivity index (χ0) is 14.4. The van der Waals surface area contributed by atoms with Gasteiger partial charge in [0, 0.05) is 5.02 Å². The van der Waals surface area contributed by atoms with Crippen LogP contribution in [0.15, 0.2) is 36.7 Å². The van der Waals surface area contributed by atoms with Crippen molar-refractivity contribution in [2.24, 2.45) is 0 Å². The van der Waals surface area contributed by atoms with Gasteiger partial charge in [0.15, 0.2) is 6.61 Å². The van der Waals surface area contributed by atoms with E-state index in [-0.39, 0.29) is 18.5 Å². The number of hydrogen-bond donors (Lipinski definition) is 2. The van der Waals surface area contributed by atoms with Crippen molar-refractivity contribution in [3.8, 4) is 5.75 Å². The van der Waals surface area contributed by atoms with Crippen LogP contribution in [-0.2, 0) is 4.79 Å². The molecule has 0 atom stereocenters. The molecule has 0 aliphatic carbocycles. The molecule has 0 saturated carbocycles. The van der Waals surface area contributed by atoms with Crippen molar-refractivity contribution in [2.75, 3.05) is 12.0 Å². The maximum atomic E-state index is 11.5. The van der Waals surface area contributed by atoms with E-state index in [1.165, 1.54) is 12.4 Å². The highest BCUT2D eigenvalue weighted by Gasteiger charge is 2.03. The average molecular weight is 313 g/mol. The molecule has 104 valence electrons. The summed E-state index contributed by atoms with van der Waals surface area (Å²) < 4.78 is 5.26. The Hall–Kier alpha value is -2.05. The first-order valence-electron chi connectivity index (χ1n) is 5.54. The van der Waals surface area contributed by atoms with Crippen LogP contribution in [0, 0.1) is 0 Å². The van der Waals surface area contributed by atoms with E-state index in [1.54, 1.807) is 24.3 Å². The van der Waals surface area contributed by atoms with Gasteiger partial charge in [-0.3, -0.25) is 15.6 Å². The van der Waals surface area contributed by atoms with E-state index in [0.29, 0.717) is 15.8 Å². The molecule has 1 heterocycles. The first-order chi connectivity index (χ1) is 9.63. The summed E-state index contributed by atoms with van der Waals surface area (Å²) in [6, 6.07) is 6.69. The Labute approximate surface area is 125 Å². The van der Waals surface area contributed by atoms with Crippen LogP contribution >= 0.6 is 23.2 Å². The Morgan fingerprint density at radius 3 is 2.40 bits per heavy atom. The molecule has 0 aliphatic rings. The van der Waals surface area contributed by atoms with Gasteiger partial charge >= 0.3 is 0 Å². The van der Waals surface area contributed by atoms with Crippen LogP contribution in [0.3, 0.4) is 0 Å². The molecule has 20 heavy (non-hydrogen) atoms. The quantitative estimate of drug-likeness (QED) is 0.829. The van der Waals surface area contributed by atoms with Crippen LogP contribution in [0.4, 0.5) is 5.95 Å². The molecule has 0 spiro atoms. The molecular weight excluding hydrogens is 303 g/mol. The number of hydrazine groups is 1. The van der Waals surface area contributed by atoms with Crippen molar-refractivity contribution in [3.05, 3.63) is 46.7 Å². The summed E-state index contributed by atoms with van der Waals surface area (Å²) in [5.41, 5.74) is 4.93. The largest absolute Gasteiger partial charge is 0.484 e. The van der Waals surface area contributed by atoms with E-state index in [0.717, 1.165) is 0 Å². The van der Waals surface area contributed by atoms with Crippen LogP contribution in [0.1, 0.15) is 0 Å². The number of halogens is 2. The van der Waals surface area contributed by atoms with Crippen molar-refractivity contribution >= 4 is 35.1 Å². The van der Waals surface area contributed by atoms with Crippen molar-refractivity contribution in [2.45, 2.75) is 0 Å². The number of rotatable bonds is 5. The zero-order valence-electron chi connectivity index (χ0n) is 10.1. The Balaban J connectivity index is 1.75. The van der Waals surface area contributed by atoms with E-state index in [9.17, 15) is 4.79 Å². The van der Waals surface area contributed by atoms with Gasteiger partial charge in [0.2, 0.25) is 5.95 Å². The molecular formula is C12H10Cl2N4O2. The molecule has 6 nitrogen and oxygen atoms in total. The third-order valence-corrected chi connectivity index (χ3v) is 2.56. The Bertz CT molecular complexity index is 524. The molecule has 0 unspecified atom stereocenters. The summed E-state index contributed by atoms with van der Waals surface area (Å²) in [6.07, 6.45) is 2.82. The molecule has 0 aliphatic heterocycles. The van der Waals surface area contributed by atoms with Crippen LogP contribution in [0.25, 0.3) is 0 Å². The van der Waals surface area contributed by atoms with E-state index < -0.39 is 0 Å². The van der Waals surface area contributed by atoms with Crippen LogP contribution in [-0.4, -0.2) is 22.5 Å².